The number of aromatic nitrogens is 8. The number of benzene rings is 4. The zero-order chi connectivity index (χ0) is 63.2. The molecule has 0 spiro atoms. The van der Waals surface area contributed by atoms with Crippen molar-refractivity contribution >= 4 is 70.2 Å². The van der Waals surface area contributed by atoms with Crippen molar-refractivity contribution in [1.29, 1.82) is 0 Å². The molecule has 9 heterocycles. The predicted molar refractivity (Wildman–Crippen MR) is 362 cm³/mol. The summed E-state index contributed by atoms with van der Waals surface area (Å²) in [6.07, 6.45) is 22.7. The number of H-pyrrole nitrogens is 1. The van der Waals surface area contributed by atoms with E-state index in [1.807, 2.05) is 193 Å². The number of fused-ring (bicyclic) bond motifs is 8. The van der Waals surface area contributed by atoms with Crippen LogP contribution in [0.1, 0.15) is 91.9 Å². The van der Waals surface area contributed by atoms with Crippen molar-refractivity contribution < 1.29 is 19.2 Å². The van der Waals surface area contributed by atoms with E-state index >= 15 is 0 Å². The van der Waals surface area contributed by atoms with Crippen LogP contribution in [0.4, 0.5) is 0 Å². The van der Waals surface area contributed by atoms with Crippen molar-refractivity contribution in [1.82, 2.24) is 38.2 Å². The Kier molecular flexibility index (Phi) is 16.6. The van der Waals surface area contributed by atoms with E-state index in [4.69, 9.17) is 32.7 Å². The van der Waals surface area contributed by atoms with E-state index in [0.29, 0.717) is 99.9 Å². The zero-order valence-electron chi connectivity index (χ0n) is 50.8. The van der Waals surface area contributed by atoms with Crippen molar-refractivity contribution in [3.05, 3.63) is 304 Å². The first kappa shape index (κ1) is 59.0. The average molecular weight is 1210 g/mol. The number of hydrogen-bond acceptors (Lipinski definition) is 6. The van der Waals surface area contributed by atoms with Gasteiger partial charge in [0, 0.05) is 146 Å². The van der Waals surface area contributed by atoms with Crippen LogP contribution < -0.4 is 26.7 Å². The van der Waals surface area contributed by atoms with Gasteiger partial charge in [0.2, 0.25) is 0 Å². The smallest absolute Gasteiger partial charge is 0.613 e. The molecule has 4 aromatic carbocycles. The van der Waals surface area contributed by atoms with Crippen molar-refractivity contribution in [2.45, 2.75) is 53.9 Å². The van der Waals surface area contributed by atoms with Gasteiger partial charge in [0.05, 0.1) is 42.0 Å². The van der Waals surface area contributed by atoms with Gasteiger partial charge >= 0.3 is 23.9 Å². The summed E-state index contributed by atoms with van der Waals surface area (Å²) in [5.74, 6) is -2.05. The molecule has 13 rings (SSSR count). The minimum atomic E-state index is -0.514. The molecule has 0 saturated carbocycles. The molecule has 11 aromatic rings. The molecule has 92 heavy (non-hydrogen) atoms. The fourth-order valence-electron chi connectivity index (χ4n) is 11.0. The van der Waals surface area contributed by atoms with Gasteiger partial charge in [-0.3, -0.25) is 17.7 Å². The van der Waals surface area contributed by atoms with Crippen LogP contribution in [0, 0.1) is 0 Å². The predicted octanol–water partition coefficient (Wildman–Crippen LogP) is 13.2. The highest BCUT2D eigenvalue weighted by atomic mass is 16.5. The van der Waals surface area contributed by atoms with Crippen LogP contribution in [0.3, 0.4) is 0 Å². The molecular formula is C76H61N8O8+3. The van der Waals surface area contributed by atoms with Crippen LogP contribution in [0.15, 0.2) is 237 Å². The lowest BCUT2D eigenvalue weighted by Crippen LogP contribution is -2.08. The normalized spacial score (nSPS) is 11.5. The Morgan fingerprint density at radius 1 is 0.326 bits per heavy atom. The molecule has 16 heteroatoms. The first-order chi connectivity index (χ1) is 45.0. The molecule has 2 aliphatic heterocycles. The van der Waals surface area contributed by atoms with Crippen LogP contribution in [0.2, 0.25) is 0 Å². The van der Waals surface area contributed by atoms with Gasteiger partial charge in [-0.05, 0) is 146 Å². The van der Waals surface area contributed by atoms with Gasteiger partial charge in [-0.15, -0.1) is 11.0 Å². The molecule has 0 fully saturated rings. The molecule has 0 unspecified atom stereocenters. The quantitative estimate of drug-likeness (QED) is 0.118. The fraction of sp³-hybridized carbons (Fsp3) is 0.105. The van der Waals surface area contributed by atoms with Gasteiger partial charge < -0.3 is 28.2 Å². The highest BCUT2D eigenvalue weighted by Crippen LogP contribution is 2.39. The first-order valence-corrected chi connectivity index (χ1v) is 30.4. The van der Waals surface area contributed by atoms with Crippen molar-refractivity contribution in [3.8, 4) is 44.5 Å². The maximum Gasteiger partial charge on any atom is 0.613 e. The largest absolute Gasteiger partial charge is 0.657 e. The second-order valence-electron chi connectivity index (χ2n) is 21.8. The van der Waals surface area contributed by atoms with Crippen LogP contribution in [0.25, 0.3) is 90.9 Å². The molecule has 0 amide bonds. The molecular weight excluding hydrogens is 1150 g/mol. The summed E-state index contributed by atoms with van der Waals surface area (Å²) in [6.45, 7) is 11.2. The summed E-state index contributed by atoms with van der Waals surface area (Å²) in [7, 11) is 0. The highest BCUT2D eigenvalue weighted by Gasteiger charge is 2.25. The second kappa shape index (κ2) is 26.0. The molecule has 8 bridgehead atoms. The third kappa shape index (κ3) is 12.5. The SMILES string of the molecule is CCn1ccc(=[O+]C(=O)c2ccc(-c3c4nc(c(-c5ccc(C(=O)[O+]=c6ccn(CC)cc6)cc5)c5ccc([n-]5)c(-c5ccc(C(=O)[O+]=c6ccn(CC)cc6)cc5)c5ccc([nH]5)c(-c5ccc(C(=O)[O+]=c6ccn(CC)cc6)cc5)c5nc3C=C5)C=C4)cc2)cc1. The summed E-state index contributed by atoms with van der Waals surface area (Å²) < 4.78 is 31.1. The number of nitrogens with zero attached hydrogens (tertiary/aromatic N) is 7. The van der Waals surface area contributed by atoms with Gasteiger partial charge in [-0.1, -0.05) is 60.7 Å². The van der Waals surface area contributed by atoms with Gasteiger partial charge in [-0.2, -0.15) is 0 Å². The van der Waals surface area contributed by atoms with E-state index in [0.717, 1.165) is 59.6 Å². The number of pyridine rings is 4. The number of aromatic amines is 1. The van der Waals surface area contributed by atoms with Crippen molar-refractivity contribution in [2.24, 2.45) is 0 Å². The number of rotatable bonds is 12. The monoisotopic (exact) mass is 1210 g/mol. The standard InChI is InChI=1S/C76H60N8O8/c1-5-81-41-33-57(34-42-81)89-73(85)53-17-9-49(10-18-53)69-61-25-27-63(77-61)70(50-11-19-54(20-12-50)74(86)90-58-35-43-82(6-2)44-36-58)65-29-31-67(79-65)72(52-15-23-56(24-16-52)76(88)92-60-39-47-84(8-4)48-40-60)68-32-30-66(80-68)71(64-28-26-62(69)78-64)51-13-21-55(22-14-51)75(87)91-59-37-45-83(7-3)46-38-59/h9-48H,5-8H2,1-4H3/q+2/p+1. The summed E-state index contributed by atoms with van der Waals surface area (Å²) >= 11 is 0. The first-order valence-electron chi connectivity index (χ1n) is 30.4. The molecule has 2 aliphatic rings. The van der Waals surface area contributed by atoms with Crippen LogP contribution in [-0.4, -0.2) is 57.1 Å². The molecule has 7 aromatic heterocycles. The summed E-state index contributed by atoms with van der Waals surface area (Å²) in [5, 5.41) is 0. The third-order valence-corrected chi connectivity index (χ3v) is 16.1. The van der Waals surface area contributed by atoms with Crippen molar-refractivity contribution in [3.63, 3.8) is 0 Å². The van der Waals surface area contributed by atoms with Gasteiger partial charge in [-0.25, -0.2) is 9.97 Å². The zero-order valence-corrected chi connectivity index (χ0v) is 50.8. The Hall–Kier alpha value is -12.0. The Morgan fingerprint density at radius 2 is 0.587 bits per heavy atom. The minimum absolute atomic E-state index is 0.345. The maximum atomic E-state index is 13.7. The summed E-state index contributed by atoms with van der Waals surface area (Å²) in [6, 6.07) is 50.8. The molecule has 1 N–H and O–H groups in total. The molecule has 450 valence electrons. The average Bonchev–Trinajstić information content (AvgIpc) is 1.66. The molecule has 0 radical (unpaired) electrons. The Bertz CT molecular complexity index is 4990. The summed E-state index contributed by atoms with van der Waals surface area (Å²) in [4.78, 5) is 74.7. The highest BCUT2D eigenvalue weighted by molar-refractivity contribution is 6.05. The molecule has 16 nitrogen and oxygen atoms in total. The lowest BCUT2D eigenvalue weighted by molar-refractivity contribution is 0.102. The Balaban J connectivity index is 1.02. The van der Waals surface area contributed by atoms with E-state index in [9.17, 15) is 19.2 Å². The maximum absolute atomic E-state index is 13.7. The third-order valence-electron chi connectivity index (χ3n) is 16.1. The van der Waals surface area contributed by atoms with Gasteiger partial charge in [0.15, 0.2) is 0 Å². The van der Waals surface area contributed by atoms with Gasteiger partial charge in [0.25, 0.3) is 21.7 Å². The van der Waals surface area contributed by atoms with E-state index in [1.165, 1.54) is 0 Å². The molecule has 0 aliphatic carbocycles. The Morgan fingerprint density at radius 3 is 0.913 bits per heavy atom. The van der Waals surface area contributed by atoms with E-state index < -0.39 is 23.9 Å². The lowest BCUT2D eigenvalue weighted by Gasteiger charge is -2.12. The number of hydrogen-bond donors (Lipinski definition) is 1. The number of carbonyl (C=O) groups is 4. The lowest BCUT2D eigenvalue weighted by atomic mass is 10.0. The number of nitrogens with one attached hydrogen (secondary N) is 1. The minimum Gasteiger partial charge on any atom is -0.657 e. The molecule has 0 saturated heterocycles. The van der Waals surface area contributed by atoms with E-state index in [1.54, 1.807) is 97.1 Å². The van der Waals surface area contributed by atoms with Crippen LogP contribution in [-0.2, 0) is 26.2 Å². The van der Waals surface area contributed by atoms with Gasteiger partial charge in [0.1, 0.15) is 22.3 Å². The van der Waals surface area contributed by atoms with Crippen molar-refractivity contribution in [2.75, 3.05) is 0 Å². The fourth-order valence-corrected chi connectivity index (χ4v) is 11.0. The topological polar surface area (TPSA) is 189 Å². The summed E-state index contributed by atoms with van der Waals surface area (Å²) in [5.41, 5.74) is 13.7. The Labute approximate surface area is 527 Å². The number of carbonyl (C=O) groups excluding carboxylic acids is 4. The van der Waals surface area contributed by atoms with Crippen LogP contribution >= 0.6 is 0 Å². The second-order valence-corrected chi connectivity index (χ2v) is 21.8. The number of aryl methyl sites for hydroxylation is 4. The van der Waals surface area contributed by atoms with E-state index in [2.05, 4.69) is 4.98 Å². The van der Waals surface area contributed by atoms with E-state index in [-0.39, 0.29) is 0 Å². The molecule has 0 atom stereocenters. The van der Waals surface area contributed by atoms with Crippen LogP contribution in [0.5, 0.6) is 0 Å².